The number of hydrogen-bond acceptors (Lipinski definition) is 3. The fraction of sp³-hybridized carbons (Fsp3) is 0.100. The zero-order chi connectivity index (χ0) is 11.0. The molecule has 5 heteroatoms. The van der Waals surface area contributed by atoms with Crippen molar-refractivity contribution in [3.05, 3.63) is 45.8 Å². The number of aldehydes is 1. The van der Waals surface area contributed by atoms with Crippen LogP contribution >= 0.6 is 0 Å². The number of aryl methyl sites for hydroxylation is 1. The zero-order valence-electron chi connectivity index (χ0n) is 8.01. The first-order valence-electron chi connectivity index (χ1n) is 4.35. The molecule has 1 aromatic carbocycles. The van der Waals surface area contributed by atoms with Crippen LogP contribution < -0.4 is 4.43 Å². The van der Waals surface area contributed by atoms with Gasteiger partial charge in [-0.25, -0.2) is 0 Å². The van der Waals surface area contributed by atoms with Gasteiger partial charge >= 0.3 is 0 Å². The van der Waals surface area contributed by atoms with Gasteiger partial charge in [0.05, 0.1) is 4.43 Å². The molecule has 0 aliphatic carbocycles. The topological polar surface area (TPSA) is 68.0 Å². The van der Waals surface area contributed by atoms with Gasteiger partial charge in [-0.1, -0.05) is 6.07 Å². The van der Waals surface area contributed by atoms with Crippen molar-refractivity contribution >= 4 is 17.3 Å². The molecule has 0 N–H and O–H groups in total. The van der Waals surface area contributed by atoms with E-state index in [0.717, 1.165) is 11.8 Å². The summed E-state index contributed by atoms with van der Waals surface area (Å²) in [4.78, 5) is 22.0. The second-order valence-corrected chi connectivity index (χ2v) is 3.28. The van der Waals surface area contributed by atoms with E-state index in [1.54, 1.807) is 12.1 Å². The molecular formula is C10H8N2O3. The van der Waals surface area contributed by atoms with Crippen molar-refractivity contribution in [3.63, 3.8) is 0 Å². The fourth-order valence-electron chi connectivity index (χ4n) is 1.44. The van der Waals surface area contributed by atoms with Gasteiger partial charge in [-0.15, -0.1) is 0 Å². The van der Waals surface area contributed by atoms with Gasteiger partial charge in [0.25, 0.3) is 11.7 Å². The Morgan fingerprint density at radius 2 is 2.20 bits per heavy atom. The second-order valence-electron chi connectivity index (χ2n) is 3.28. The van der Waals surface area contributed by atoms with Crippen molar-refractivity contribution < 1.29 is 9.22 Å². The summed E-state index contributed by atoms with van der Waals surface area (Å²) in [5.41, 5.74) is 1.14. The number of aromatic nitrogens is 2. The largest absolute Gasteiger partial charge is 0.805 e. The SMILES string of the molecule is Cc1ccc2c(c1)[n+](=O)cc(C=O)n2[O-]. The van der Waals surface area contributed by atoms with E-state index in [0.29, 0.717) is 15.4 Å². The molecule has 15 heavy (non-hydrogen) atoms. The Labute approximate surface area is 84.8 Å². The molecule has 0 bridgehead atoms. The van der Waals surface area contributed by atoms with Crippen LogP contribution in [0.5, 0.6) is 0 Å². The quantitative estimate of drug-likeness (QED) is 0.514. The second kappa shape index (κ2) is 3.20. The third kappa shape index (κ3) is 1.38. The lowest BCUT2D eigenvalue weighted by molar-refractivity contribution is -0.464. The van der Waals surface area contributed by atoms with Gasteiger partial charge < -0.3 is 9.94 Å². The number of rotatable bonds is 1. The molecule has 0 unspecified atom stereocenters. The van der Waals surface area contributed by atoms with E-state index in [9.17, 15) is 14.9 Å². The van der Waals surface area contributed by atoms with Crippen LogP contribution in [0.25, 0.3) is 11.0 Å². The predicted molar refractivity (Wildman–Crippen MR) is 54.2 cm³/mol. The molecule has 0 saturated heterocycles. The summed E-state index contributed by atoms with van der Waals surface area (Å²) in [6, 6.07) is 4.84. The Morgan fingerprint density at radius 3 is 2.87 bits per heavy atom. The molecule has 1 heterocycles. The lowest BCUT2D eigenvalue weighted by Gasteiger charge is -2.12. The van der Waals surface area contributed by atoms with Gasteiger partial charge in [0.2, 0.25) is 0 Å². The van der Waals surface area contributed by atoms with Gasteiger partial charge in [-0.3, -0.25) is 4.79 Å². The lowest BCUT2D eigenvalue weighted by atomic mass is 10.2. The Bertz CT molecular complexity index is 601. The zero-order valence-corrected chi connectivity index (χ0v) is 8.01. The monoisotopic (exact) mass is 204 g/mol. The Kier molecular flexibility index (Phi) is 2.00. The molecule has 1 aromatic heterocycles. The Balaban J connectivity index is 2.99. The van der Waals surface area contributed by atoms with Crippen LogP contribution in [0.2, 0.25) is 0 Å². The average molecular weight is 204 g/mol. The van der Waals surface area contributed by atoms with Gasteiger partial charge in [-0.05, 0) is 18.6 Å². The molecule has 0 atom stereocenters. The summed E-state index contributed by atoms with van der Waals surface area (Å²) in [7, 11) is 0. The number of carbonyl (C=O) groups is 1. The maximum Gasteiger partial charge on any atom is 0.286 e. The van der Waals surface area contributed by atoms with Gasteiger partial charge in [0.1, 0.15) is 11.2 Å². The van der Waals surface area contributed by atoms with E-state index in [2.05, 4.69) is 0 Å². The van der Waals surface area contributed by atoms with Crippen molar-refractivity contribution in [2.45, 2.75) is 6.92 Å². The van der Waals surface area contributed by atoms with E-state index in [1.807, 2.05) is 6.92 Å². The average Bonchev–Trinajstić information content (AvgIpc) is 2.23. The molecule has 0 spiro atoms. The highest BCUT2D eigenvalue weighted by atomic mass is 16.5. The minimum absolute atomic E-state index is 0.193. The van der Waals surface area contributed by atoms with E-state index < -0.39 is 0 Å². The summed E-state index contributed by atoms with van der Waals surface area (Å²) >= 11 is 0. The van der Waals surface area contributed by atoms with E-state index in [-0.39, 0.29) is 16.7 Å². The third-order valence-electron chi connectivity index (χ3n) is 2.19. The molecular weight excluding hydrogens is 196 g/mol. The maximum atomic E-state index is 11.6. The van der Waals surface area contributed by atoms with Crippen LogP contribution in [0.1, 0.15) is 16.1 Å². The Hall–Kier alpha value is -2.17. The summed E-state index contributed by atoms with van der Waals surface area (Å²) in [5.74, 6) is 0. The van der Waals surface area contributed by atoms with Crippen molar-refractivity contribution in [3.8, 4) is 0 Å². The van der Waals surface area contributed by atoms with E-state index in [4.69, 9.17) is 0 Å². The first-order chi connectivity index (χ1) is 7.13. The van der Waals surface area contributed by atoms with Gasteiger partial charge in [-0.2, -0.15) is 0 Å². The number of hydrogen-bond donors (Lipinski definition) is 0. The minimum Gasteiger partial charge on any atom is -0.805 e. The summed E-state index contributed by atoms with van der Waals surface area (Å²) in [6.45, 7) is 1.82. The summed E-state index contributed by atoms with van der Waals surface area (Å²) < 4.78 is 0.983. The maximum absolute atomic E-state index is 11.6. The minimum atomic E-state index is -0.193. The van der Waals surface area contributed by atoms with Crippen LogP contribution in [0.15, 0.2) is 24.4 Å². The predicted octanol–water partition coefficient (Wildman–Crippen LogP) is 1.02. The Morgan fingerprint density at radius 1 is 1.47 bits per heavy atom. The van der Waals surface area contributed by atoms with Crippen molar-refractivity contribution in [1.82, 2.24) is 4.73 Å². The van der Waals surface area contributed by atoms with Gasteiger partial charge in [0, 0.05) is 11.0 Å². The van der Waals surface area contributed by atoms with E-state index >= 15 is 0 Å². The highest BCUT2D eigenvalue weighted by Gasteiger charge is 2.11. The molecule has 0 amide bonds. The first-order valence-corrected chi connectivity index (χ1v) is 4.35. The molecule has 0 aliphatic heterocycles. The summed E-state index contributed by atoms with van der Waals surface area (Å²) in [5, 5.41) is 11.6. The smallest absolute Gasteiger partial charge is 0.286 e. The number of carbonyl (C=O) groups excluding carboxylic acids is 1. The molecule has 5 nitrogen and oxygen atoms in total. The fourth-order valence-corrected chi connectivity index (χ4v) is 1.44. The molecule has 76 valence electrons. The van der Waals surface area contributed by atoms with Gasteiger partial charge in [0.15, 0.2) is 6.29 Å². The van der Waals surface area contributed by atoms with E-state index in [1.165, 1.54) is 6.07 Å². The van der Waals surface area contributed by atoms with Crippen molar-refractivity contribution in [2.75, 3.05) is 0 Å². The van der Waals surface area contributed by atoms with Crippen LogP contribution in [0.3, 0.4) is 0 Å². The number of benzene rings is 1. The molecule has 2 aromatic rings. The van der Waals surface area contributed by atoms with Crippen LogP contribution in [-0.4, -0.2) is 11.0 Å². The molecule has 0 aliphatic rings. The standard InChI is InChI=1S/C10H8N2O3/c1-7-2-3-9-10(4-7)11(14)5-8(6-13)12(9)15/h2-6H,1H3. The number of fused-ring (bicyclic) bond motifs is 1. The highest BCUT2D eigenvalue weighted by Crippen LogP contribution is 2.12. The third-order valence-corrected chi connectivity index (χ3v) is 2.19. The highest BCUT2D eigenvalue weighted by molar-refractivity contribution is 5.79. The summed E-state index contributed by atoms with van der Waals surface area (Å²) in [6.07, 6.45) is 1.34. The molecule has 0 saturated carbocycles. The molecule has 2 rings (SSSR count). The normalized spacial score (nSPS) is 10.5. The lowest BCUT2D eigenvalue weighted by Crippen LogP contribution is -2.20. The molecule has 0 fully saturated rings. The molecule has 0 radical (unpaired) electrons. The van der Waals surface area contributed by atoms with Crippen molar-refractivity contribution in [1.29, 1.82) is 0 Å². The van der Waals surface area contributed by atoms with Crippen LogP contribution in [0, 0.1) is 17.0 Å². The number of nitrogens with zero attached hydrogens (tertiary/aromatic N) is 2. The first kappa shape index (κ1) is 9.39. The van der Waals surface area contributed by atoms with Crippen LogP contribution in [-0.2, 0) is 0 Å². The van der Waals surface area contributed by atoms with Crippen molar-refractivity contribution in [2.24, 2.45) is 0 Å². The van der Waals surface area contributed by atoms with Crippen LogP contribution in [0.4, 0.5) is 0 Å².